The molecule has 0 saturated heterocycles. The van der Waals surface area contributed by atoms with Crippen molar-refractivity contribution in [3.8, 4) is 11.1 Å². The first-order valence-electron chi connectivity index (χ1n) is 12.4. The van der Waals surface area contributed by atoms with Gasteiger partial charge in [-0.2, -0.15) is 0 Å². The summed E-state index contributed by atoms with van der Waals surface area (Å²) in [6, 6.07) is 14.9. The second-order valence-electron chi connectivity index (χ2n) is 9.71. The molecular formula is C28H34N2O7. The van der Waals surface area contributed by atoms with Crippen LogP contribution in [0.3, 0.4) is 0 Å². The van der Waals surface area contributed by atoms with Crippen molar-refractivity contribution in [1.29, 1.82) is 0 Å². The number of ketones is 1. The highest BCUT2D eigenvalue weighted by molar-refractivity contribution is 5.86. The average Bonchev–Trinajstić information content (AvgIpc) is 3.16. The number of benzene rings is 2. The first-order chi connectivity index (χ1) is 17.6. The fourth-order valence-corrected chi connectivity index (χ4v) is 4.15. The van der Waals surface area contributed by atoms with E-state index in [2.05, 4.69) is 10.6 Å². The lowest BCUT2D eigenvalue weighted by Gasteiger charge is -2.20. The molecule has 0 bridgehead atoms. The first kappa shape index (κ1) is 27.7. The molecule has 198 valence electrons. The molecular weight excluding hydrogens is 476 g/mol. The van der Waals surface area contributed by atoms with E-state index in [9.17, 15) is 19.2 Å². The van der Waals surface area contributed by atoms with Crippen LogP contribution in [-0.4, -0.2) is 55.3 Å². The van der Waals surface area contributed by atoms with Crippen LogP contribution in [0, 0.1) is 0 Å². The third kappa shape index (κ3) is 7.80. The quantitative estimate of drug-likeness (QED) is 0.361. The lowest BCUT2D eigenvalue weighted by molar-refractivity contribution is -0.145. The number of Topliss-reactive ketones (excluding diaryl/α,β-unsaturated/α-hetero) is 1. The zero-order chi connectivity index (χ0) is 27.0. The van der Waals surface area contributed by atoms with E-state index in [0.29, 0.717) is 0 Å². The monoisotopic (exact) mass is 510 g/mol. The molecule has 0 saturated carbocycles. The summed E-state index contributed by atoms with van der Waals surface area (Å²) in [6.07, 6.45) is -1.56. The van der Waals surface area contributed by atoms with Gasteiger partial charge in [0.2, 0.25) is 0 Å². The van der Waals surface area contributed by atoms with Gasteiger partial charge in [-0.3, -0.25) is 4.79 Å². The Balaban J connectivity index is 1.55. The molecule has 9 heteroatoms. The fraction of sp³-hybridized carbons (Fsp3) is 0.429. The van der Waals surface area contributed by atoms with Crippen molar-refractivity contribution in [1.82, 2.24) is 10.6 Å². The first-order valence-corrected chi connectivity index (χ1v) is 12.4. The molecule has 1 atom stereocenters. The summed E-state index contributed by atoms with van der Waals surface area (Å²) < 4.78 is 15.7. The van der Waals surface area contributed by atoms with Crippen molar-refractivity contribution in [3.63, 3.8) is 0 Å². The van der Waals surface area contributed by atoms with Gasteiger partial charge in [-0.15, -0.1) is 0 Å². The molecule has 9 nitrogen and oxygen atoms in total. The Morgan fingerprint density at radius 3 is 2.05 bits per heavy atom. The predicted molar refractivity (Wildman–Crippen MR) is 137 cm³/mol. The minimum Gasteiger partial charge on any atom is -0.464 e. The summed E-state index contributed by atoms with van der Waals surface area (Å²) in [6.45, 7) is 6.76. The Bertz CT molecular complexity index is 1090. The number of hydrogen-bond acceptors (Lipinski definition) is 7. The zero-order valence-electron chi connectivity index (χ0n) is 21.7. The van der Waals surface area contributed by atoms with E-state index in [0.717, 1.165) is 22.3 Å². The maximum atomic E-state index is 12.6. The van der Waals surface area contributed by atoms with Gasteiger partial charge in [0, 0.05) is 12.3 Å². The average molecular weight is 511 g/mol. The van der Waals surface area contributed by atoms with Crippen LogP contribution in [0.4, 0.5) is 9.59 Å². The number of amides is 2. The molecule has 1 aliphatic rings. The number of ether oxygens (including phenoxy) is 3. The van der Waals surface area contributed by atoms with Crippen LogP contribution in [-0.2, 0) is 23.8 Å². The number of hydrogen-bond donors (Lipinski definition) is 2. The van der Waals surface area contributed by atoms with Gasteiger partial charge < -0.3 is 24.8 Å². The molecule has 3 rings (SSSR count). The van der Waals surface area contributed by atoms with Gasteiger partial charge in [-0.25, -0.2) is 14.4 Å². The third-order valence-corrected chi connectivity index (χ3v) is 5.75. The number of esters is 1. The van der Waals surface area contributed by atoms with Gasteiger partial charge in [-0.1, -0.05) is 48.5 Å². The lowest BCUT2D eigenvalue weighted by atomic mass is 9.98. The van der Waals surface area contributed by atoms with Crippen LogP contribution in [0.25, 0.3) is 11.1 Å². The van der Waals surface area contributed by atoms with Crippen LogP contribution in [0.1, 0.15) is 57.6 Å². The molecule has 0 aromatic heterocycles. The lowest BCUT2D eigenvalue weighted by Crippen LogP contribution is -2.43. The number of fused-ring (bicyclic) bond motifs is 3. The van der Waals surface area contributed by atoms with Crippen LogP contribution < -0.4 is 10.6 Å². The van der Waals surface area contributed by atoms with Gasteiger partial charge in [-0.05, 0) is 56.4 Å². The standard InChI is InChI=1S/C28H34N2O7/c1-5-35-25(32)24(15-14-18(31)16-29-26(33)37-28(2,3)4)30-27(34)36-17-23-21-12-8-6-10-19(21)20-11-7-9-13-22(20)23/h6-13,23-24H,5,14-17H2,1-4H3,(H,29,33)(H,30,34)/t24-/m0/s1. The molecule has 0 unspecified atom stereocenters. The van der Waals surface area contributed by atoms with Gasteiger partial charge in [0.1, 0.15) is 18.2 Å². The Morgan fingerprint density at radius 1 is 0.892 bits per heavy atom. The largest absolute Gasteiger partial charge is 0.464 e. The van der Waals surface area contributed by atoms with Gasteiger partial charge in [0.25, 0.3) is 0 Å². The highest BCUT2D eigenvalue weighted by atomic mass is 16.6. The number of alkyl carbamates (subject to hydrolysis) is 2. The van der Waals surface area contributed by atoms with Crippen LogP contribution in [0.2, 0.25) is 0 Å². The van der Waals surface area contributed by atoms with Crippen molar-refractivity contribution < 1.29 is 33.4 Å². The number of rotatable bonds is 10. The Labute approximate surface area is 216 Å². The number of carbonyl (C=O) groups excluding carboxylic acids is 4. The van der Waals surface area contributed by atoms with E-state index in [1.165, 1.54) is 0 Å². The second-order valence-corrected chi connectivity index (χ2v) is 9.71. The Kier molecular flexibility index (Phi) is 9.27. The molecule has 0 radical (unpaired) electrons. The maximum Gasteiger partial charge on any atom is 0.408 e. The van der Waals surface area contributed by atoms with Crippen LogP contribution in [0.15, 0.2) is 48.5 Å². The second kappa shape index (κ2) is 12.4. The number of nitrogens with one attached hydrogen (secondary N) is 2. The molecule has 0 spiro atoms. The summed E-state index contributed by atoms with van der Waals surface area (Å²) in [5.41, 5.74) is 3.67. The number of carbonyl (C=O) groups is 4. The Morgan fingerprint density at radius 2 is 1.49 bits per heavy atom. The van der Waals surface area contributed by atoms with E-state index >= 15 is 0 Å². The van der Waals surface area contributed by atoms with E-state index in [-0.39, 0.29) is 44.3 Å². The molecule has 1 aliphatic carbocycles. The summed E-state index contributed by atoms with van der Waals surface area (Å²) in [5, 5.41) is 4.91. The van der Waals surface area contributed by atoms with E-state index in [4.69, 9.17) is 14.2 Å². The van der Waals surface area contributed by atoms with Crippen molar-refractivity contribution in [2.75, 3.05) is 19.8 Å². The normalized spacial score (nSPS) is 13.1. The minimum atomic E-state index is -1.07. The third-order valence-electron chi connectivity index (χ3n) is 5.75. The van der Waals surface area contributed by atoms with Crippen LogP contribution >= 0.6 is 0 Å². The highest BCUT2D eigenvalue weighted by Crippen LogP contribution is 2.44. The summed E-state index contributed by atoms with van der Waals surface area (Å²) >= 11 is 0. The fourth-order valence-electron chi connectivity index (χ4n) is 4.15. The molecule has 0 fully saturated rings. The SMILES string of the molecule is CCOC(=O)[C@H](CCC(=O)CNC(=O)OC(C)(C)C)NC(=O)OCC1c2ccccc2-c2ccccc21. The molecule has 2 N–H and O–H groups in total. The van der Waals surface area contributed by atoms with Gasteiger partial charge >= 0.3 is 18.2 Å². The summed E-state index contributed by atoms with van der Waals surface area (Å²) in [5.74, 6) is -1.11. The molecule has 2 aromatic carbocycles. The topological polar surface area (TPSA) is 120 Å². The van der Waals surface area contributed by atoms with Gasteiger partial charge in [0.05, 0.1) is 13.2 Å². The molecule has 0 aliphatic heterocycles. The molecule has 2 aromatic rings. The van der Waals surface area contributed by atoms with E-state index in [1.54, 1.807) is 27.7 Å². The summed E-state index contributed by atoms with van der Waals surface area (Å²) in [4.78, 5) is 49.0. The van der Waals surface area contributed by atoms with E-state index in [1.807, 2.05) is 48.5 Å². The molecule has 0 heterocycles. The minimum absolute atomic E-state index is 0.00212. The predicted octanol–water partition coefficient (Wildman–Crippen LogP) is 4.33. The maximum absolute atomic E-state index is 12.6. The van der Waals surface area contributed by atoms with Crippen molar-refractivity contribution in [3.05, 3.63) is 59.7 Å². The molecule has 37 heavy (non-hydrogen) atoms. The van der Waals surface area contributed by atoms with Crippen molar-refractivity contribution in [2.45, 2.75) is 58.1 Å². The smallest absolute Gasteiger partial charge is 0.408 e. The van der Waals surface area contributed by atoms with Gasteiger partial charge in [0.15, 0.2) is 5.78 Å². The molecule has 2 amide bonds. The van der Waals surface area contributed by atoms with Crippen LogP contribution in [0.5, 0.6) is 0 Å². The zero-order valence-corrected chi connectivity index (χ0v) is 21.7. The van der Waals surface area contributed by atoms with Crippen molar-refractivity contribution in [2.24, 2.45) is 0 Å². The summed E-state index contributed by atoms with van der Waals surface area (Å²) in [7, 11) is 0. The highest BCUT2D eigenvalue weighted by Gasteiger charge is 2.30. The van der Waals surface area contributed by atoms with E-state index < -0.39 is 29.8 Å². The Hall–Kier alpha value is -3.88. The van der Waals surface area contributed by atoms with Crippen molar-refractivity contribution >= 4 is 23.9 Å².